The fraction of sp³-hybridized carbons (Fsp3) is 1.00. The number of hydrogen-bond acceptors (Lipinski definition) is 4. The normalized spacial score (nSPS) is 24.5. The van der Waals surface area contributed by atoms with Gasteiger partial charge < -0.3 is 4.90 Å². The number of nitrogens with one attached hydrogen (secondary N) is 1. The van der Waals surface area contributed by atoms with Crippen molar-refractivity contribution in [2.75, 3.05) is 45.0 Å². The molecule has 0 bridgehead atoms. The van der Waals surface area contributed by atoms with Crippen molar-refractivity contribution in [2.45, 2.75) is 45.6 Å². The minimum absolute atomic E-state index is 0.280. The summed E-state index contributed by atoms with van der Waals surface area (Å²) in [5.74, 6) is 0.703. The third-order valence-electron chi connectivity index (χ3n) is 5.01. The van der Waals surface area contributed by atoms with E-state index in [0.29, 0.717) is 18.2 Å². The van der Waals surface area contributed by atoms with Gasteiger partial charge in [0, 0.05) is 38.8 Å². The van der Waals surface area contributed by atoms with E-state index in [2.05, 4.69) is 28.4 Å². The highest BCUT2D eigenvalue weighted by atomic mass is 32.2. The van der Waals surface area contributed by atoms with Crippen LogP contribution in [0, 0.1) is 5.92 Å². The third-order valence-corrected chi connectivity index (χ3v) is 6.52. The second-order valence-corrected chi connectivity index (χ2v) is 8.45. The topological polar surface area (TPSA) is 52.6 Å². The van der Waals surface area contributed by atoms with Crippen LogP contribution >= 0.6 is 0 Å². The zero-order valence-corrected chi connectivity index (χ0v) is 14.4. The predicted octanol–water partition coefficient (Wildman–Crippen LogP) is 1.12. The van der Waals surface area contributed by atoms with Gasteiger partial charge in [0.2, 0.25) is 10.0 Å². The molecule has 0 spiro atoms. The SMILES string of the molecule is CCN1CCN(C(C)CNS(=O)(=O)CC2CCCC2)CC1. The molecule has 5 nitrogen and oxygen atoms in total. The minimum atomic E-state index is -3.10. The Hall–Kier alpha value is -0.170. The molecular formula is C15H31N3O2S. The number of sulfonamides is 1. The van der Waals surface area contributed by atoms with Gasteiger partial charge in [-0.25, -0.2) is 13.1 Å². The van der Waals surface area contributed by atoms with E-state index in [4.69, 9.17) is 0 Å². The lowest BCUT2D eigenvalue weighted by Crippen LogP contribution is -2.52. The molecule has 21 heavy (non-hydrogen) atoms. The smallest absolute Gasteiger partial charge is 0.211 e. The number of hydrogen-bond donors (Lipinski definition) is 1. The quantitative estimate of drug-likeness (QED) is 0.764. The van der Waals surface area contributed by atoms with Gasteiger partial charge in [0.15, 0.2) is 0 Å². The lowest BCUT2D eigenvalue weighted by molar-refractivity contribution is 0.107. The summed E-state index contributed by atoms with van der Waals surface area (Å²) in [5.41, 5.74) is 0. The van der Waals surface area contributed by atoms with Crippen LogP contribution in [0.3, 0.4) is 0 Å². The Bertz CT molecular complexity index is 399. The van der Waals surface area contributed by atoms with Crippen molar-refractivity contribution >= 4 is 10.0 Å². The van der Waals surface area contributed by atoms with Crippen molar-refractivity contribution < 1.29 is 8.42 Å². The van der Waals surface area contributed by atoms with Crippen LogP contribution in [-0.4, -0.2) is 69.3 Å². The Morgan fingerprint density at radius 1 is 1.14 bits per heavy atom. The summed E-state index contributed by atoms with van der Waals surface area (Å²) < 4.78 is 27.1. The molecule has 6 heteroatoms. The molecule has 0 amide bonds. The van der Waals surface area contributed by atoms with E-state index in [0.717, 1.165) is 45.6 Å². The Labute approximate surface area is 130 Å². The molecule has 2 fully saturated rings. The van der Waals surface area contributed by atoms with Crippen LogP contribution in [-0.2, 0) is 10.0 Å². The monoisotopic (exact) mass is 317 g/mol. The molecule has 0 aromatic carbocycles. The van der Waals surface area contributed by atoms with Gasteiger partial charge in [-0.2, -0.15) is 0 Å². The van der Waals surface area contributed by atoms with Crippen molar-refractivity contribution in [2.24, 2.45) is 5.92 Å². The fourth-order valence-corrected chi connectivity index (χ4v) is 5.01. The molecule has 1 aliphatic heterocycles. The summed E-state index contributed by atoms with van der Waals surface area (Å²) >= 11 is 0. The number of piperazine rings is 1. The first-order valence-corrected chi connectivity index (χ1v) is 10.1. The average molecular weight is 317 g/mol. The van der Waals surface area contributed by atoms with Gasteiger partial charge in [-0.05, 0) is 32.2 Å². The van der Waals surface area contributed by atoms with E-state index in [1.165, 1.54) is 12.8 Å². The molecule has 0 aromatic rings. The molecule has 0 aromatic heterocycles. The van der Waals surface area contributed by atoms with Crippen molar-refractivity contribution in [3.63, 3.8) is 0 Å². The maximum Gasteiger partial charge on any atom is 0.211 e. The Morgan fingerprint density at radius 2 is 1.76 bits per heavy atom. The van der Waals surface area contributed by atoms with Gasteiger partial charge in [-0.15, -0.1) is 0 Å². The van der Waals surface area contributed by atoms with Crippen molar-refractivity contribution in [1.29, 1.82) is 0 Å². The first-order chi connectivity index (χ1) is 10.00. The fourth-order valence-electron chi connectivity index (χ4n) is 3.44. The summed E-state index contributed by atoms with van der Waals surface area (Å²) in [6.45, 7) is 10.2. The highest BCUT2D eigenvalue weighted by molar-refractivity contribution is 7.89. The number of nitrogens with zero attached hydrogens (tertiary/aromatic N) is 2. The summed E-state index contributed by atoms with van der Waals surface area (Å²) in [7, 11) is -3.10. The average Bonchev–Trinajstić information content (AvgIpc) is 2.97. The minimum Gasteiger partial charge on any atom is -0.301 e. The largest absolute Gasteiger partial charge is 0.301 e. The second-order valence-electron chi connectivity index (χ2n) is 6.60. The van der Waals surface area contributed by atoms with Crippen molar-refractivity contribution in [1.82, 2.24) is 14.5 Å². The molecule has 1 atom stereocenters. The Kier molecular flexibility index (Phi) is 6.47. The van der Waals surface area contributed by atoms with Crippen LogP contribution in [0.5, 0.6) is 0 Å². The third kappa shape index (κ3) is 5.51. The maximum absolute atomic E-state index is 12.1. The van der Waals surface area contributed by atoms with E-state index < -0.39 is 10.0 Å². The van der Waals surface area contributed by atoms with Crippen LogP contribution in [0.1, 0.15) is 39.5 Å². The standard InChI is InChI=1S/C15H31N3O2S/c1-3-17-8-10-18(11-9-17)14(2)12-16-21(19,20)13-15-6-4-5-7-15/h14-16H,3-13H2,1-2H3. The van der Waals surface area contributed by atoms with Gasteiger partial charge in [0.05, 0.1) is 5.75 Å². The number of likely N-dealkylation sites (N-methyl/N-ethyl adjacent to an activating group) is 1. The molecule has 1 saturated heterocycles. The van der Waals surface area contributed by atoms with Gasteiger partial charge in [0.1, 0.15) is 0 Å². The Morgan fingerprint density at radius 3 is 2.33 bits per heavy atom. The predicted molar refractivity (Wildman–Crippen MR) is 86.9 cm³/mol. The van der Waals surface area contributed by atoms with Crippen molar-refractivity contribution in [3.8, 4) is 0 Å². The highest BCUT2D eigenvalue weighted by Crippen LogP contribution is 2.25. The molecule has 0 radical (unpaired) electrons. The summed E-state index contributed by atoms with van der Waals surface area (Å²) in [4.78, 5) is 4.83. The lowest BCUT2D eigenvalue weighted by atomic mass is 10.1. The van der Waals surface area contributed by atoms with Gasteiger partial charge in [-0.1, -0.05) is 19.8 Å². The molecular weight excluding hydrogens is 286 g/mol. The summed E-state index contributed by atoms with van der Waals surface area (Å²) in [5, 5.41) is 0. The molecule has 1 N–H and O–H groups in total. The first-order valence-electron chi connectivity index (χ1n) is 8.44. The molecule has 1 heterocycles. The molecule has 1 unspecified atom stereocenters. The molecule has 2 aliphatic rings. The van der Waals surface area contributed by atoms with E-state index in [1.807, 2.05) is 0 Å². The van der Waals surface area contributed by atoms with Gasteiger partial charge in [0.25, 0.3) is 0 Å². The van der Waals surface area contributed by atoms with E-state index >= 15 is 0 Å². The maximum atomic E-state index is 12.1. The van der Waals surface area contributed by atoms with Crippen molar-refractivity contribution in [3.05, 3.63) is 0 Å². The highest BCUT2D eigenvalue weighted by Gasteiger charge is 2.24. The van der Waals surface area contributed by atoms with Crippen LogP contribution in [0.2, 0.25) is 0 Å². The Balaban J connectivity index is 1.71. The zero-order chi connectivity index (χ0) is 15.3. The molecule has 2 rings (SSSR count). The van der Waals surface area contributed by atoms with Crippen LogP contribution in [0.15, 0.2) is 0 Å². The van der Waals surface area contributed by atoms with Crippen LogP contribution in [0.25, 0.3) is 0 Å². The molecule has 1 saturated carbocycles. The van der Waals surface area contributed by atoms with E-state index in [9.17, 15) is 8.42 Å². The van der Waals surface area contributed by atoms with Gasteiger partial charge >= 0.3 is 0 Å². The van der Waals surface area contributed by atoms with Crippen LogP contribution < -0.4 is 4.72 Å². The first kappa shape index (κ1) is 17.2. The zero-order valence-electron chi connectivity index (χ0n) is 13.6. The van der Waals surface area contributed by atoms with E-state index in [-0.39, 0.29) is 6.04 Å². The van der Waals surface area contributed by atoms with Gasteiger partial charge in [-0.3, -0.25) is 4.90 Å². The van der Waals surface area contributed by atoms with Crippen LogP contribution in [0.4, 0.5) is 0 Å². The summed E-state index contributed by atoms with van der Waals surface area (Å²) in [6.07, 6.45) is 4.54. The number of rotatable bonds is 7. The summed E-state index contributed by atoms with van der Waals surface area (Å²) in [6, 6.07) is 0.280. The molecule has 1 aliphatic carbocycles. The van der Waals surface area contributed by atoms with E-state index in [1.54, 1.807) is 0 Å². The molecule has 124 valence electrons. The lowest BCUT2D eigenvalue weighted by Gasteiger charge is -2.37. The second kappa shape index (κ2) is 7.90.